The first-order chi connectivity index (χ1) is 6.36. The number of hydrogen-bond acceptors (Lipinski definition) is 2. The lowest BCUT2D eigenvalue weighted by Gasteiger charge is -2.25. The molecule has 2 aliphatic rings. The van der Waals surface area contributed by atoms with Gasteiger partial charge in [-0.1, -0.05) is 4.99 Å². The van der Waals surface area contributed by atoms with E-state index >= 15 is 0 Å². The van der Waals surface area contributed by atoms with Crippen molar-refractivity contribution in [2.45, 2.75) is 19.3 Å². The first-order valence-corrected chi connectivity index (χ1v) is 5.03. The fourth-order valence-corrected chi connectivity index (χ4v) is 1.88. The summed E-state index contributed by atoms with van der Waals surface area (Å²) in [6.07, 6.45) is 3.32. The van der Waals surface area contributed by atoms with Crippen molar-refractivity contribution in [1.29, 1.82) is 0 Å². The molecule has 0 aliphatic carbocycles. The molecule has 0 aromatic carbocycles. The topological polar surface area (TPSA) is 20.0 Å². The van der Waals surface area contributed by atoms with Gasteiger partial charge in [-0.15, -0.1) is 0 Å². The number of rotatable bonds is 1. The Bertz CT molecular complexity index is 264. The van der Waals surface area contributed by atoms with Crippen LogP contribution in [0.3, 0.4) is 0 Å². The van der Waals surface area contributed by atoms with Crippen LogP contribution < -0.4 is 0 Å². The van der Waals surface area contributed by atoms with E-state index in [2.05, 4.69) is 27.9 Å². The molecule has 0 N–H and O–H groups in total. The first kappa shape index (κ1) is 8.71. The van der Waals surface area contributed by atoms with Crippen LogP contribution in [0.25, 0.3) is 4.85 Å². The van der Waals surface area contributed by atoms with E-state index in [0.717, 1.165) is 18.8 Å². The third-order valence-corrected chi connectivity index (χ3v) is 2.77. The molecule has 0 amide bonds. The SMILES string of the molecule is CN1CCC(C2=NCCC#[N+]2)CC1. The van der Waals surface area contributed by atoms with Crippen LogP contribution in [0.5, 0.6) is 0 Å². The minimum atomic E-state index is 0.601. The first-order valence-electron chi connectivity index (χ1n) is 5.03. The molecule has 0 radical (unpaired) electrons. The lowest BCUT2D eigenvalue weighted by Crippen LogP contribution is -2.33. The van der Waals surface area contributed by atoms with E-state index < -0.39 is 0 Å². The molecule has 0 unspecified atom stereocenters. The number of aliphatic imine (C=N–C) groups is 1. The largest absolute Gasteiger partial charge is 0.398 e. The van der Waals surface area contributed by atoms with Crippen molar-refractivity contribution in [2.75, 3.05) is 26.7 Å². The van der Waals surface area contributed by atoms with Gasteiger partial charge >= 0.3 is 5.84 Å². The van der Waals surface area contributed by atoms with Crippen molar-refractivity contribution in [3.8, 4) is 6.07 Å². The average molecular weight is 178 g/mol. The van der Waals surface area contributed by atoms with Gasteiger partial charge in [-0.3, -0.25) is 0 Å². The van der Waals surface area contributed by atoms with Gasteiger partial charge in [0.05, 0.1) is 12.3 Å². The second-order valence-electron chi connectivity index (χ2n) is 3.84. The molecule has 0 aromatic heterocycles. The molecule has 2 rings (SSSR count). The van der Waals surface area contributed by atoms with Crippen molar-refractivity contribution in [3.05, 3.63) is 4.85 Å². The van der Waals surface area contributed by atoms with Gasteiger partial charge in [0.15, 0.2) is 6.07 Å². The van der Waals surface area contributed by atoms with Gasteiger partial charge in [0.25, 0.3) is 0 Å². The predicted octanol–water partition coefficient (Wildman–Crippen LogP) is 1.46. The molecule has 1 fully saturated rings. The second-order valence-corrected chi connectivity index (χ2v) is 3.84. The quantitative estimate of drug-likeness (QED) is 0.595. The van der Waals surface area contributed by atoms with Crippen LogP contribution >= 0.6 is 0 Å². The lowest BCUT2D eigenvalue weighted by atomic mass is 9.96. The van der Waals surface area contributed by atoms with Gasteiger partial charge in [0.1, 0.15) is 6.54 Å². The van der Waals surface area contributed by atoms with E-state index in [9.17, 15) is 0 Å². The summed E-state index contributed by atoms with van der Waals surface area (Å²) >= 11 is 0. The summed E-state index contributed by atoms with van der Waals surface area (Å²) in [5, 5.41) is 0. The zero-order valence-corrected chi connectivity index (χ0v) is 8.16. The number of amidine groups is 1. The standard InChI is InChI=1S/C10H16N3/c1-13-7-3-9(4-8-13)10-11-5-2-6-12-10/h9H,2-5,7-8H2,1H3/q+1. The van der Waals surface area contributed by atoms with Crippen LogP contribution in [0.15, 0.2) is 4.99 Å². The molecular weight excluding hydrogens is 162 g/mol. The summed E-state index contributed by atoms with van der Waals surface area (Å²) < 4.78 is 0. The molecule has 2 heterocycles. The van der Waals surface area contributed by atoms with Gasteiger partial charge in [0, 0.05) is 0 Å². The minimum absolute atomic E-state index is 0.601. The van der Waals surface area contributed by atoms with Crippen molar-refractivity contribution in [3.63, 3.8) is 0 Å². The van der Waals surface area contributed by atoms with Crippen LogP contribution in [0.1, 0.15) is 19.3 Å². The number of likely N-dealkylation sites (tertiary alicyclic amines) is 1. The predicted molar refractivity (Wildman–Crippen MR) is 54.4 cm³/mol. The average Bonchev–Trinajstić information content (AvgIpc) is 2.20. The third kappa shape index (κ3) is 2.07. The minimum Gasteiger partial charge on any atom is -0.306 e. The van der Waals surface area contributed by atoms with Crippen LogP contribution in [-0.2, 0) is 0 Å². The lowest BCUT2D eigenvalue weighted by molar-refractivity contribution is 0.252. The maximum Gasteiger partial charge on any atom is 0.398 e. The molecule has 0 spiro atoms. The van der Waals surface area contributed by atoms with Gasteiger partial charge in [-0.25, -0.2) is 0 Å². The smallest absolute Gasteiger partial charge is 0.306 e. The summed E-state index contributed by atoms with van der Waals surface area (Å²) in [6.45, 7) is 3.25. The van der Waals surface area contributed by atoms with E-state index in [4.69, 9.17) is 0 Å². The second kappa shape index (κ2) is 3.89. The molecule has 3 nitrogen and oxygen atoms in total. The van der Waals surface area contributed by atoms with E-state index in [1.165, 1.54) is 25.9 Å². The summed E-state index contributed by atoms with van der Waals surface area (Å²) in [5.41, 5.74) is 0. The van der Waals surface area contributed by atoms with Crippen LogP contribution in [-0.4, -0.2) is 37.4 Å². The normalized spacial score (nSPS) is 24.8. The van der Waals surface area contributed by atoms with Crippen molar-refractivity contribution in [2.24, 2.45) is 10.9 Å². The Hall–Kier alpha value is -0.880. The van der Waals surface area contributed by atoms with Crippen LogP contribution in [0.4, 0.5) is 0 Å². The Kier molecular flexibility index (Phi) is 2.60. The fraction of sp³-hybridized carbons (Fsp3) is 0.800. The van der Waals surface area contributed by atoms with E-state index in [1.807, 2.05) is 0 Å². The highest BCUT2D eigenvalue weighted by molar-refractivity contribution is 5.94. The Morgan fingerprint density at radius 2 is 2.23 bits per heavy atom. The third-order valence-electron chi connectivity index (χ3n) is 2.77. The Morgan fingerprint density at radius 3 is 2.85 bits per heavy atom. The van der Waals surface area contributed by atoms with Gasteiger partial charge in [0.2, 0.25) is 0 Å². The van der Waals surface area contributed by atoms with Crippen molar-refractivity contribution < 1.29 is 0 Å². The number of piperidine rings is 1. The van der Waals surface area contributed by atoms with E-state index in [-0.39, 0.29) is 0 Å². The molecular formula is C10H16N3+. The fourth-order valence-electron chi connectivity index (χ4n) is 1.88. The van der Waals surface area contributed by atoms with Crippen molar-refractivity contribution in [1.82, 2.24) is 4.90 Å². The van der Waals surface area contributed by atoms with Crippen LogP contribution in [0.2, 0.25) is 0 Å². The Morgan fingerprint density at radius 1 is 1.46 bits per heavy atom. The van der Waals surface area contributed by atoms with E-state index in [0.29, 0.717) is 5.92 Å². The number of nitrogens with zero attached hydrogens (tertiary/aromatic N) is 3. The summed E-state index contributed by atoms with van der Waals surface area (Å²) in [6, 6.07) is 3.02. The molecule has 3 heteroatoms. The Balaban J connectivity index is 1.96. The maximum atomic E-state index is 4.45. The van der Waals surface area contributed by atoms with Gasteiger partial charge in [-0.2, -0.15) is 4.85 Å². The highest BCUT2D eigenvalue weighted by Crippen LogP contribution is 2.19. The molecule has 70 valence electrons. The zero-order chi connectivity index (χ0) is 9.10. The van der Waals surface area contributed by atoms with Crippen molar-refractivity contribution >= 4 is 5.84 Å². The van der Waals surface area contributed by atoms with E-state index in [1.54, 1.807) is 0 Å². The molecule has 2 aliphatic heterocycles. The highest BCUT2D eigenvalue weighted by atomic mass is 15.1. The molecule has 0 aromatic rings. The Labute approximate surface area is 79.3 Å². The molecule has 0 bridgehead atoms. The highest BCUT2D eigenvalue weighted by Gasteiger charge is 2.29. The monoisotopic (exact) mass is 178 g/mol. The maximum absolute atomic E-state index is 4.45. The van der Waals surface area contributed by atoms with Gasteiger partial charge in [-0.05, 0) is 33.0 Å². The molecule has 0 atom stereocenters. The molecule has 1 saturated heterocycles. The van der Waals surface area contributed by atoms with Crippen LogP contribution in [0, 0.1) is 12.0 Å². The number of hydrogen-bond donors (Lipinski definition) is 0. The molecule has 13 heavy (non-hydrogen) atoms. The summed E-state index contributed by atoms with van der Waals surface area (Å²) in [7, 11) is 2.17. The summed E-state index contributed by atoms with van der Waals surface area (Å²) in [4.78, 5) is 11.1. The molecule has 0 saturated carbocycles. The zero-order valence-electron chi connectivity index (χ0n) is 8.16. The summed E-state index contributed by atoms with van der Waals surface area (Å²) in [5.74, 6) is 1.66. The van der Waals surface area contributed by atoms with Gasteiger partial charge < -0.3 is 4.90 Å².